The quantitative estimate of drug-likeness (QED) is 0.918. The number of rotatable bonds is 5. The first kappa shape index (κ1) is 14.8. The van der Waals surface area contributed by atoms with Gasteiger partial charge in [-0.3, -0.25) is 4.79 Å². The molecule has 1 N–H and O–H groups in total. The van der Waals surface area contributed by atoms with Crippen molar-refractivity contribution < 1.29 is 17.6 Å². The SMILES string of the molecule is Cc1ccc(S(=O)(=O)Cc2ccc(C(=O)NC3CC3)o2)cc1. The number of nitrogens with one attached hydrogen (secondary N) is 1. The van der Waals surface area contributed by atoms with E-state index < -0.39 is 9.84 Å². The fraction of sp³-hybridized carbons (Fsp3) is 0.312. The Morgan fingerprint density at radius 2 is 1.86 bits per heavy atom. The largest absolute Gasteiger partial charge is 0.455 e. The molecule has 0 saturated heterocycles. The van der Waals surface area contributed by atoms with Crippen molar-refractivity contribution >= 4 is 15.7 Å². The number of aryl methyl sites for hydroxylation is 1. The van der Waals surface area contributed by atoms with E-state index in [-0.39, 0.29) is 34.1 Å². The summed E-state index contributed by atoms with van der Waals surface area (Å²) in [6.45, 7) is 1.90. The first-order valence-corrected chi connectivity index (χ1v) is 8.78. The lowest BCUT2D eigenvalue weighted by atomic mass is 10.2. The van der Waals surface area contributed by atoms with Gasteiger partial charge in [-0.05, 0) is 44.0 Å². The van der Waals surface area contributed by atoms with Gasteiger partial charge >= 0.3 is 0 Å². The van der Waals surface area contributed by atoms with Crippen molar-refractivity contribution in [2.45, 2.75) is 36.5 Å². The molecule has 1 aliphatic rings. The fourth-order valence-corrected chi connectivity index (χ4v) is 3.33. The smallest absolute Gasteiger partial charge is 0.287 e. The molecule has 6 heteroatoms. The maximum Gasteiger partial charge on any atom is 0.287 e. The van der Waals surface area contributed by atoms with Crippen molar-refractivity contribution in [2.24, 2.45) is 0 Å². The number of hydrogen-bond acceptors (Lipinski definition) is 4. The van der Waals surface area contributed by atoms with Crippen LogP contribution in [0.15, 0.2) is 45.7 Å². The highest BCUT2D eigenvalue weighted by Crippen LogP contribution is 2.21. The predicted molar refractivity (Wildman–Crippen MR) is 81.3 cm³/mol. The molecule has 1 saturated carbocycles. The lowest BCUT2D eigenvalue weighted by Crippen LogP contribution is -2.24. The molecule has 1 amide bonds. The average molecular weight is 319 g/mol. The minimum absolute atomic E-state index is 0.154. The molecule has 0 aliphatic heterocycles. The van der Waals surface area contributed by atoms with Crippen LogP contribution >= 0.6 is 0 Å². The Balaban J connectivity index is 1.73. The molecule has 1 heterocycles. The summed E-state index contributed by atoms with van der Waals surface area (Å²) in [7, 11) is -3.48. The first-order valence-electron chi connectivity index (χ1n) is 7.13. The monoisotopic (exact) mass is 319 g/mol. The van der Waals surface area contributed by atoms with Crippen LogP contribution in [0.25, 0.3) is 0 Å². The Kier molecular flexibility index (Phi) is 3.78. The molecule has 1 fully saturated rings. The van der Waals surface area contributed by atoms with Crippen LogP contribution in [0.1, 0.15) is 34.7 Å². The van der Waals surface area contributed by atoms with E-state index in [0.29, 0.717) is 0 Å². The van der Waals surface area contributed by atoms with E-state index in [4.69, 9.17) is 4.42 Å². The number of hydrogen-bond donors (Lipinski definition) is 1. The molecule has 1 aromatic carbocycles. The van der Waals surface area contributed by atoms with Gasteiger partial charge in [0.2, 0.25) is 0 Å². The van der Waals surface area contributed by atoms with E-state index in [1.54, 1.807) is 24.3 Å². The second-order valence-electron chi connectivity index (χ2n) is 5.59. The third-order valence-electron chi connectivity index (χ3n) is 3.51. The van der Waals surface area contributed by atoms with Gasteiger partial charge < -0.3 is 9.73 Å². The lowest BCUT2D eigenvalue weighted by molar-refractivity contribution is 0.0922. The molecule has 2 aromatic rings. The molecule has 22 heavy (non-hydrogen) atoms. The van der Waals surface area contributed by atoms with Gasteiger partial charge in [0.15, 0.2) is 15.6 Å². The van der Waals surface area contributed by atoms with Crippen LogP contribution in [0.4, 0.5) is 0 Å². The molecule has 0 unspecified atom stereocenters. The molecule has 1 aliphatic carbocycles. The second-order valence-corrected chi connectivity index (χ2v) is 7.58. The Labute approximate surface area is 129 Å². The van der Waals surface area contributed by atoms with Crippen molar-refractivity contribution in [3.8, 4) is 0 Å². The van der Waals surface area contributed by atoms with Crippen LogP contribution in [-0.2, 0) is 15.6 Å². The summed E-state index contributed by atoms with van der Waals surface area (Å²) in [6, 6.07) is 9.94. The van der Waals surface area contributed by atoms with Crippen molar-refractivity contribution in [1.29, 1.82) is 0 Å². The van der Waals surface area contributed by atoms with Crippen LogP contribution < -0.4 is 5.32 Å². The minimum atomic E-state index is -3.48. The van der Waals surface area contributed by atoms with E-state index in [9.17, 15) is 13.2 Å². The Bertz CT molecular complexity index is 786. The van der Waals surface area contributed by atoms with E-state index >= 15 is 0 Å². The van der Waals surface area contributed by atoms with Gasteiger partial charge in [-0.1, -0.05) is 17.7 Å². The van der Waals surface area contributed by atoms with Gasteiger partial charge in [0, 0.05) is 6.04 Å². The molecule has 0 atom stereocenters. The highest BCUT2D eigenvalue weighted by atomic mass is 32.2. The van der Waals surface area contributed by atoms with E-state index in [0.717, 1.165) is 18.4 Å². The molecule has 1 aromatic heterocycles. The van der Waals surface area contributed by atoms with E-state index in [1.165, 1.54) is 12.1 Å². The van der Waals surface area contributed by atoms with Crippen molar-refractivity contribution in [2.75, 3.05) is 0 Å². The third kappa shape index (κ3) is 3.39. The van der Waals surface area contributed by atoms with Crippen LogP contribution in [0.3, 0.4) is 0 Å². The zero-order valence-electron chi connectivity index (χ0n) is 12.2. The molecule has 0 radical (unpaired) electrons. The normalized spacial score (nSPS) is 14.8. The van der Waals surface area contributed by atoms with Gasteiger partial charge in [-0.15, -0.1) is 0 Å². The summed E-state index contributed by atoms with van der Waals surface area (Å²) >= 11 is 0. The summed E-state index contributed by atoms with van der Waals surface area (Å²) in [4.78, 5) is 12.1. The Hall–Kier alpha value is -2.08. The molecule has 5 nitrogen and oxygen atoms in total. The minimum Gasteiger partial charge on any atom is -0.455 e. The van der Waals surface area contributed by atoms with Gasteiger partial charge in [-0.25, -0.2) is 8.42 Å². The standard InChI is InChI=1S/C16H17NO4S/c1-11-2-7-14(8-3-11)22(19,20)10-13-6-9-15(21-13)16(18)17-12-4-5-12/h2-3,6-9,12H,4-5,10H2,1H3,(H,17,18). The van der Waals surface area contributed by atoms with Crippen LogP contribution in [0.2, 0.25) is 0 Å². The summed E-state index contributed by atoms with van der Waals surface area (Å²) in [5.41, 5.74) is 0.996. The van der Waals surface area contributed by atoms with Crippen molar-refractivity contribution in [3.63, 3.8) is 0 Å². The molecular formula is C16H17NO4S. The molecule has 3 rings (SSSR count). The number of sulfone groups is 1. The maximum atomic E-state index is 12.3. The van der Waals surface area contributed by atoms with Crippen LogP contribution in [0.5, 0.6) is 0 Å². The lowest BCUT2D eigenvalue weighted by Gasteiger charge is -2.03. The first-order chi connectivity index (χ1) is 10.4. The number of furan rings is 1. The predicted octanol–water partition coefficient (Wildman–Crippen LogP) is 2.45. The number of carbonyl (C=O) groups is 1. The number of carbonyl (C=O) groups excluding carboxylic acids is 1. The van der Waals surface area contributed by atoms with Crippen molar-refractivity contribution in [1.82, 2.24) is 5.32 Å². The summed E-state index contributed by atoms with van der Waals surface area (Å²) in [6.07, 6.45) is 1.97. The van der Waals surface area contributed by atoms with Gasteiger partial charge in [-0.2, -0.15) is 0 Å². The molecule has 116 valence electrons. The van der Waals surface area contributed by atoms with Gasteiger partial charge in [0.1, 0.15) is 11.5 Å². The number of benzene rings is 1. The third-order valence-corrected chi connectivity index (χ3v) is 5.17. The van der Waals surface area contributed by atoms with Gasteiger partial charge in [0.25, 0.3) is 5.91 Å². The van der Waals surface area contributed by atoms with E-state index in [2.05, 4.69) is 5.32 Å². The van der Waals surface area contributed by atoms with Gasteiger partial charge in [0.05, 0.1) is 4.90 Å². The number of amides is 1. The molecule has 0 spiro atoms. The van der Waals surface area contributed by atoms with Crippen LogP contribution in [-0.4, -0.2) is 20.4 Å². The Morgan fingerprint density at radius 3 is 2.50 bits per heavy atom. The zero-order chi connectivity index (χ0) is 15.7. The molecular weight excluding hydrogens is 302 g/mol. The van der Waals surface area contributed by atoms with Crippen LogP contribution in [0, 0.1) is 6.92 Å². The topological polar surface area (TPSA) is 76.4 Å². The summed E-state index contributed by atoms with van der Waals surface area (Å²) in [5.74, 6) is -0.128. The second kappa shape index (κ2) is 5.61. The summed E-state index contributed by atoms with van der Waals surface area (Å²) < 4.78 is 30.0. The highest BCUT2D eigenvalue weighted by molar-refractivity contribution is 7.90. The fourth-order valence-electron chi connectivity index (χ4n) is 2.08. The average Bonchev–Trinajstić information content (AvgIpc) is 3.15. The summed E-state index contributed by atoms with van der Waals surface area (Å²) in [5, 5.41) is 2.80. The van der Waals surface area contributed by atoms with Crippen molar-refractivity contribution in [3.05, 3.63) is 53.5 Å². The highest BCUT2D eigenvalue weighted by Gasteiger charge is 2.25. The Morgan fingerprint density at radius 1 is 1.18 bits per heavy atom. The van der Waals surface area contributed by atoms with E-state index in [1.807, 2.05) is 6.92 Å². The molecule has 0 bridgehead atoms. The maximum absolute atomic E-state index is 12.3. The zero-order valence-corrected chi connectivity index (χ0v) is 13.0.